The van der Waals surface area contributed by atoms with Crippen molar-refractivity contribution in [2.45, 2.75) is 12.5 Å². The van der Waals surface area contributed by atoms with Gasteiger partial charge in [-0.05, 0) is 29.8 Å². The molecule has 2 aromatic carbocycles. The lowest BCUT2D eigenvalue weighted by atomic mass is 10.1. The zero-order chi connectivity index (χ0) is 14.5. The van der Waals surface area contributed by atoms with E-state index in [0.29, 0.717) is 27.2 Å². The largest absolute Gasteiger partial charge is 0.491 e. The second kappa shape index (κ2) is 7.19. The first-order valence-electron chi connectivity index (χ1n) is 6.05. The zero-order valence-electron chi connectivity index (χ0n) is 10.5. The van der Waals surface area contributed by atoms with Crippen LogP contribution in [0.4, 0.5) is 0 Å². The maximum Gasteiger partial charge on any atom is 0.120 e. The highest BCUT2D eigenvalue weighted by Crippen LogP contribution is 2.26. The summed E-state index contributed by atoms with van der Waals surface area (Å²) in [5.74, 6) is 0.619. The van der Waals surface area contributed by atoms with E-state index in [-0.39, 0.29) is 6.61 Å². The molecule has 5 heteroatoms. The van der Waals surface area contributed by atoms with Crippen LogP contribution in [0.25, 0.3) is 0 Å². The summed E-state index contributed by atoms with van der Waals surface area (Å²) >= 11 is 17.9. The van der Waals surface area contributed by atoms with Gasteiger partial charge in [-0.2, -0.15) is 0 Å². The van der Waals surface area contributed by atoms with Crippen molar-refractivity contribution < 1.29 is 9.84 Å². The number of rotatable bonds is 5. The monoisotopic (exact) mass is 330 g/mol. The van der Waals surface area contributed by atoms with Crippen molar-refractivity contribution in [2.75, 3.05) is 6.61 Å². The van der Waals surface area contributed by atoms with E-state index in [4.69, 9.17) is 39.5 Å². The molecule has 0 aromatic heterocycles. The second-order valence-corrected chi connectivity index (χ2v) is 5.56. The Balaban J connectivity index is 1.92. The molecule has 0 radical (unpaired) electrons. The molecule has 0 aliphatic carbocycles. The molecular formula is C15H13Cl3O2. The molecule has 2 rings (SSSR count). The molecule has 106 valence electrons. The van der Waals surface area contributed by atoms with Crippen LogP contribution in [-0.4, -0.2) is 17.8 Å². The van der Waals surface area contributed by atoms with Crippen LogP contribution in [0.3, 0.4) is 0 Å². The van der Waals surface area contributed by atoms with Gasteiger partial charge in [-0.3, -0.25) is 0 Å². The molecule has 0 aliphatic heterocycles. The van der Waals surface area contributed by atoms with Gasteiger partial charge in [-0.15, -0.1) is 0 Å². The van der Waals surface area contributed by atoms with Gasteiger partial charge in [-0.1, -0.05) is 53.0 Å². The van der Waals surface area contributed by atoms with E-state index in [9.17, 15) is 5.11 Å². The number of halogens is 3. The Hall–Kier alpha value is -0.930. The van der Waals surface area contributed by atoms with Gasteiger partial charge < -0.3 is 9.84 Å². The van der Waals surface area contributed by atoms with E-state index in [1.807, 2.05) is 6.07 Å². The molecule has 0 spiro atoms. The van der Waals surface area contributed by atoms with Gasteiger partial charge in [0.2, 0.25) is 0 Å². The average molecular weight is 332 g/mol. The summed E-state index contributed by atoms with van der Waals surface area (Å²) in [7, 11) is 0. The molecule has 1 unspecified atom stereocenters. The second-order valence-electron chi connectivity index (χ2n) is 4.34. The van der Waals surface area contributed by atoms with E-state index < -0.39 is 6.10 Å². The summed E-state index contributed by atoms with van der Waals surface area (Å²) in [6, 6.07) is 12.4. The van der Waals surface area contributed by atoms with Gasteiger partial charge >= 0.3 is 0 Å². The summed E-state index contributed by atoms with van der Waals surface area (Å²) in [5, 5.41) is 11.5. The van der Waals surface area contributed by atoms with E-state index >= 15 is 0 Å². The quantitative estimate of drug-likeness (QED) is 0.865. The summed E-state index contributed by atoms with van der Waals surface area (Å²) < 4.78 is 5.48. The molecule has 0 saturated carbocycles. The molecule has 0 aliphatic rings. The Bertz CT molecular complexity index is 587. The van der Waals surface area contributed by atoms with Crippen LogP contribution in [0.5, 0.6) is 5.75 Å². The molecular weight excluding hydrogens is 319 g/mol. The normalized spacial score (nSPS) is 12.2. The summed E-state index contributed by atoms with van der Waals surface area (Å²) in [6.07, 6.45) is -0.301. The molecule has 0 fully saturated rings. The fraction of sp³-hybridized carbons (Fsp3) is 0.200. The van der Waals surface area contributed by atoms with Crippen LogP contribution in [0.1, 0.15) is 5.56 Å². The molecule has 1 atom stereocenters. The van der Waals surface area contributed by atoms with E-state index in [1.54, 1.807) is 36.4 Å². The molecule has 2 nitrogen and oxygen atoms in total. The van der Waals surface area contributed by atoms with E-state index in [0.717, 1.165) is 5.56 Å². The highest BCUT2D eigenvalue weighted by molar-refractivity contribution is 6.42. The Morgan fingerprint density at radius 1 is 1.05 bits per heavy atom. The molecule has 0 heterocycles. The third-order valence-corrected chi connectivity index (χ3v) is 3.82. The standard InChI is InChI=1S/C15H13Cl3O2/c16-11-4-2-5-13(8-11)20-9-12(19)7-10-3-1-6-14(17)15(10)18/h1-6,8,12,19H,7,9H2. The van der Waals surface area contributed by atoms with Crippen molar-refractivity contribution >= 4 is 34.8 Å². The maximum atomic E-state index is 9.99. The first kappa shape index (κ1) is 15.5. The molecule has 0 bridgehead atoms. The number of hydrogen-bond acceptors (Lipinski definition) is 2. The van der Waals surface area contributed by atoms with Crippen LogP contribution in [0, 0.1) is 0 Å². The molecule has 0 saturated heterocycles. The molecule has 0 amide bonds. The number of ether oxygens (including phenoxy) is 1. The third-order valence-electron chi connectivity index (χ3n) is 2.73. The highest BCUT2D eigenvalue weighted by atomic mass is 35.5. The van der Waals surface area contributed by atoms with Crippen LogP contribution in [-0.2, 0) is 6.42 Å². The minimum atomic E-state index is -0.676. The van der Waals surface area contributed by atoms with Crippen molar-refractivity contribution in [1.29, 1.82) is 0 Å². The lowest BCUT2D eigenvalue weighted by Crippen LogP contribution is -2.20. The predicted molar refractivity (Wildman–Crippen MR) is 83.1 cm³/mol. The zero-order valence-corrected chi connectivity index (χ0v) is 12.8. The molecule has 20 heavy (non-hydrogen) atoms. The minimum Gasteiger partial charge on any atom is -0.491 e. The SMILES string of the molecule is OC(COc1cccc(Cl)c1)Cc1cccc(Cl)c1Cl. The van der Waals surface area contributed by atoms with Crippen LogP contribution < -0.4 is 4.74 Å². The van der Waals surface area contributed by atoms with Crippen molar-refractivity contribution in [2.24, 2.45) is 0 Å². The van der Waals surface area contributed by atoms with Crippen molar-refractivity contribution in [3.8, 4) is 5.75 Å². The fourth-order valence-electron chi connectivity index (χ4n) is 1.77. The van der Waals surface area contributed by atoms with Gasteiger partial charge in [0.25, 0.3) is 0 Å². The highest BCUT2D eigenvalue weighted by Gasteiger charge is 2.11. The summed E-state index contributed by atoms with van der Waals surface area (Å²) in [4.78, 5) is 0. The summed E-state index contributed by atoms with van der Waals surface area (Å²) in [5.41, 5.74) is 0.793. The van der Waals surface area contributed by atoms with Gasteiger partial charge in [-0.25, -0.2) is 0 Å². The maximum absolute atomic E-state index is 9.99. The lowest BCUT2D eigenvalue weighted by molar-refractivity contribution is 0.108. The first-order chi connectivity index (χ1) is 9.56. The van der Waals surface area contributed by atoms with Crippen molar-refractivity contribution in [3.05, 3.63) is 63.1 Å². The minimum absolute atomic E-state index is 0.156. The van der Waals surface area contributed by atoms with Crippen LogP contribution >= 0.6 is 34.8 Å². The predicted octanol–water partition coefficient (Wildman–Crippen LogP) is 4.63. The fourth-order valence-corrected chi connectivity index (χ4v) is 2.35. The Morgan fingerprint density at radius 3 is 2.55 bits per heavy atom. The van der Waals surface area contributed by atoms with Crippen molar-refractivity contribution in [3.63, 3.8) is 0 Å². The molecule has 2 aromatic rings. The number of benzene rings is 2. The first-order valence-corrected chi connectivity index (χ1v) is 7.19. The Morgan fingerprint density at radius 2 is 1.80 bits per heavy atom. The number of aliphatic hydroxyl groups is 1. The number of aliphatic hydroxyl groups excluding tert-OH is 1. The number of hydrogen-bond donors (Lipinski definition) is 1. The topological polar surface area (TPSA) is 29.5 Å². The van der Waals surface area contributed by atoms with Gasteiger partial charge in [0.1, 0.15) is 12.4 Å². The lowest BCUT2D eigenvalue weighted by Gasteiger charge is -2.14. The van der Waals surface area contributed by atoms with Gasteiger partial charge in [0.05, 0.1) is 16.1 Å². The van der Waals surface area contributed by atoms with E-state index in [1.165, 1.54) is 0 Å². The average Bonchev–Trinajstić information content (AvgIpc) is 2.42. The van der Waals surface area contributed by atoms with Crippen LogP contribution in [0.2, 0.25) is 15.1 Å². The third kappa shape index (κ3) is 4.29. The van der Waals surface area contributed by atoms with Gasteiger partial charge in [0, 0.05) is 11.4 Å². The smallest absolute Gasteiger partial charge is 0.120 e. The van der Waals surface area contributed by atoms with E-state index in [2.05, 4.69) is 0 Å². The Kier molecular flexibility index (Phi) is 5.55. The molecule has 1 N–H and O–H groups in total. The Labute approximate surface area is 132 Å². The van der Waals surface area contributed by atoms with Crippen LogP contribution in [0.15, 0.2) is 42.5 Å². The van der Waals surface area contributed by atoms with Crippen molar-refractivity contribution in [1.82, 2.24) is 0 Å². The van der Waals surface area contributed by atoms with Gasteiger partial charge in [0.15, 0.2) is 0 Å². The summed E-state index contributed by atoms with van der Waals surface area (Å²) in [6.45, 7) is 0.156.